The first-order valence-corrected chi connectivity index (χ1v) is 8.43. The number of hydrogen-bond acceptors (Lipinski definition) is 8. The Morgan fingerprint density at radius 2 is 1.93 bits per heavy atom. The summed E-state index contributed by atoms with van der Waals surface area (Å²) in [6.07, 6.45) is 1.49. The zero-order valence-electron chi connectivity index (χ0n) is 16.0. The van der Waals surface area contributed by atoms with Crippen LogP contribution in [0.5, 0.6) is 5.75 Å². The maximum absolute atomic E-state index is 5.75. The quantitative estimate of drug-likeness (QED) is 0.541. The largest absolute Gasteiger partial charge is 0.492 e. The predicted molar refractivity (Wildman–Crippen MR) is 96.3 cm³/mol. The Balaban J connectivity index is 2.11. The third kappa shape index (κ3) is 2.64. The first-order chi connectivity index (χ1) is 12.8. The van der Waals surface area contributed by atoms with Gasteiger partial charge in [-0.2, -0.15) is 14.7 Å². The van der Waals surface area contributed by atoms with Crippen LogP contribution in [-0.2, 0) is 12.5 Å². The molecule has 4 aromatic rings. The van der Waals surface area contributed by atoms with Gasteiger partial charge in [0.05, 0.1) is 7.11 Å². The molecular formula is C17H20N8O2. The molecule has 140 valence electrons. The Morgan fingerprint density at radius 3 is 2.48 bits per heavy atom. The van der Waals surface area contributed by atoms with Crippen LogP contribution >= 0.6 is 0 Å². The van der Waals surface area contributed by atoms with E-state index in [9.17, 15) is 0 Å². The second kappa shape index (κ2) is 5.86. The summed E-state index contributed by atoms with van der Waals surface area (Å²) in [5.74, 6) is 2.35. The fourth-order valence-corrected chi connectivity index (χ4v) is 3.07. The summed E-state index contributed by atoms with van der Waals surface area (Å²) in [5.41, 5.74) is 2.29. The molecule has 0 spiro atoms. The molecule has 0 aliphatic carbocycles. The van der Waals surface area contributed by atoms with Crippen molar-refractivity contribution in [1.82, 2.24) is 39.7 Å². The molecule has 0 saturated heterocycles. The fraction of sp³-hybridized carbons (Fsp3) is 0.412. The Hall–Kier alpha value is -3.30. The van der Waals surface area contributed by atoms with Gasteiger partial charge in [0.15, 0.2) is 17.3 Å². The summed E-state index contributed by atoms with van der Waals surface area (Å²) < 4.78 is 14.2. The second-order valence-corrected chi connectivity index (χ2v) is 7.30. The lowest BCUT2D eigenvalue weighted by molar-refractivity contribution is 0.397. The van der Waals surface area contributed by atoms with Crippen LogP contribution in [0, 0.1) is 6.92 Å². The van der Waals surface area contributed by atoms with Crippen LogP contribution in [0.3, 0.4) is 0 Å². The lowest BCUT2D eigenvalue weighted by Crippen LogP contribution is -2.19. The molecule has 0 atom stereocenters. The number of aryl methyl sites for hydroxylation is 2. The van der Waals surface area contributed by atoms with E-state index >= 15 is 0 Å². The summed E-state index contributed by atoms with van der Waals surface area (Å²) in [6.45, 7) is 8.07. The average molecular weight is 368 g/mol. The van der Waals surface area contributed by atoms with Crippen LogP contribution in [0.1, 0.15) is 32.1 Å². The van der Waals surface area contributed by atoms with Crippen molar-refractivity contribution < 1.29 is 9.26 Å². The monoisotopic (exact) mass is 368 g/mol. The highest BCUT2D eigenvalue weighted by atomic mass is 16.5. The van der Waals surface area contributed by atoms with Gasteiger partial charge in [0, 0.05) is 18.7 Å². The number of hydrogen-bond donors (Lipinski definition) is 0. The molecule has 0 amide bonds. The molecule has 27 heavy (non-hydrogen) atoms. The summed E-state index contributed by atoms with van der Waals surface area (Å²) in [6, 6.07) is 1.78. The maximum atomic E-state index is 5.75. The molecule has 0 aliphatic rings. The number of fused-ring (bicyclic) bond motifs is 1. The van der Waals surface area contributed by atoms with Crippen LogP contribution in [0.4, 0.5) is 0 Å². The molecule has 0 saturated carbocycles. The topological polar surface area (TPSA) is 109 Å². The van der Waals surface area contributed by atoms with Gasteiger partial charge in [0.2, 0.25) is 11.5 Å². The van der Waals surface area contributed by atoms with Crippen molar-refractivity contribution in [2.45, 2.75) is 33.1 Å². The van der Waals surface area contributed by atoms with Crippen LogP contribution in [-0.4, -0.2) is 46.8 Å². The Bertz CT molecular complexity index is 1130. The minimum Gasteiger partial charge on any atom is -0.492 e. The molecule has 4 heterocycles. The summed E-state index contributed by atoms with van der Waals surface area (Å²) in [5, 5.41) is 21.6. The van der Waals surface area contributed by atoms with Crippen LogP contribution in [0.2, 0.25) is 0 Å². The highest BCUT2D eigenvalue weighted by Gasteiger charge is 2.31. The van der Waals surface area contributed by atoms with E-state index in [1.807, 2.05) is 14.0 Å². The SMILES string of the molecule is COc1c(C(C)(C)C)c(-c2ncnn2C)nn2c(-c3cc(C)on3)nnc12. The summed E-state index contributed by atoms with van der Waals surface area (Å²) in [7, 11) is 3.43. The minimum absolute atomic E-state index is 0.280. The molecule has 0 fully saturated rings. The molecule has 10 heteroatoms. The predicted octanol–water partition coefficient (Wildman–Crippen LogP) is 2.19. The highest BCUT2D eigenvalue weighted by Crippen LogP contribution is 2.40. The van der Waals surface area contributed by atoms with Gasteiger partial charge < -0.3 is 9.26 Å². The van der Waals surface area contributed by atoms with E-state index < -0.39 is 0 Å². The van der Waals surface area contributed by atoms with Crippen molar-refractivity contribution in [2.24, 2.45) is 7.05 Å². The lowest BCUT2D eigenvalue weighted by Gasteiger charge is -2.24. The van der Waals surface area contributed by atoms with E-state index in [-0.39, 0.29) is 5.41 Å². The molecule has 0 unspecified atom stereocenters. The van der Waals surface area contributed by atoms with Gasteiger partial charge >= 0.3 is 0 Å². The van der Waals surface area contributed by atoms with Gasteiger partial charge in [0.1, 0.15) is 17.8 Å². The molecule has 0 N–H and O–H groups in total. The van der Waals surface area contributed by atoms with Gasteiger partial charge in [-0.05, 0) is 12.3 Å². The van der Waals surface area contributed by atoms with Gasteiger partial charge in [-0.3, -0.25) is 0 Å². The zero-order valence-corrected chi connectivity index (χ0v) is 16.0. The molecule has 10 nitrogen and oxygen atoms in total. The summed E-state index contributed by atoms with van der Waals surface area (Å²) in [4.78, 5) is 4.38. The van der Waals surface area contributed by atoms with Crippen molar-refractivity contribution in [3.05, 3.63) is 23.7 Å². The van der Waals surface area contributed by atoms with E-state index in [1.54, 1.807) is 22.4 Å². The van der Waals surface area contributed by atoms with E-state index in [4.69, 9.17) is 14.4 Å². The van der Waals surface area contributed by atoms with Gasteiger partial charge in [-0.15, -0.1) is 10.2 Å². The van der Waals surface area contributed by atoms with E-state index in [2.05, 4.69) is 46.2 Å². The van der Waals surface area contributed by atoms with E-state index in [1.165, 1.54) is 6.33 Å². The van der Waals surface area contributed by atoms with Crippen LogP contribution in [0.15, 0.2) is 16.9 Å². The third-order valence-electron chi connectivity index (χ3n) is 4.24. The standard InChI is InChI=1S/C17H20N8O2/c1-9-7-10(23-27-9)14-20-21-16-13(26-6)11(17(2,3)4)12(22-25(14)16)15-18-8-19-24(15)5/h7-8H,1-6H3. The molecular weight excluding hydrogens is 348 g/mol. The number of aromatic nitrogens is 8. The number of methoxy groups -OCH3 is 1. The Labute approximate surface area is 155 Å². The second-order valence-electron chi connectivity index (χ2n) is 7.30. The molecule has 0 aromatic carbocycles. The molecule has 4 aromatic heterocycles. The summed E-state index contributed by atoms with van der Waals surface area (Å²) >= 11 is 0. The first-order valence-electron chi connectivity index (χ1n) is 8.43. The molecule has 0 bridgehead atoms. The van der Waals surface area contributed by atoms with Gasteiger partial charge in [-0.25, -0.2) is 9.67 Å². The van der Waals surface area contributed by atoms with Crippen molar-refractivity contribution in [1.29, 1.82) is 0 Å². The number of nitrogens with zero attached hydrogens (tertiary/aromatic N) is 8. The van der Waals surface area contributed by atoms with Crippen molar-refractivity contribution in [2.75, 3.05) is 7.11 Å². The van der Waals surface area contributed by atoms with Crippen LogP contribution in [0.25, 0.3) is 28.7 Å². The number of rotatable bonds is 3. The molecule has 0 aliphatic heterocycles. The third-order valence-corrected chi connectivity index (χ3v) is 4.24. The molecule has 0 radical (unpaired) electrons. The lowest BCUT2D eigenvalue weighted by atomic mass is 9.85. The van der Waals surface area contributed by atoms with Gasteiger partial charge in [0.25, 0.3) is 0 Å². The van der Waals surface area contributed by atoms with E-state index in [0.29, 0.717) is 40.2 Å². The van der Waals surface area contributed by atoms with E-state index in [0.717, 1.165) is 5.56 Å². The first kappa shape index (κ1) is 17.1. The number of ether oxygens (including phenoxy) is 1. The van der Waals surface area contributed by atoms with Crippen LogP contribution < -0.4 is 4.74 Å². The zero-order chi connectivity index (χ0) is 19.3. The van der Waals surface area contributed by atoms with Gasteiger partial charge in [-0.1, -0.05) is 25.9 Å². The molecule has 4 rings (SSSR count). The van der Waals surface area contributed by atoms with Crippen molar-refractivity contribution >= 4 is 5.65 Å². The smallest absolute Gasteiger partial charge is 0.220 e. The van der Waals surface area contributed by atoms with Crippen molar-refractivity contribution in [3.8, 4) is 28.8 Å². The minimum atomic E-state index is -0.280. The maximum Gasteiger partial charge on any atom is 0.220 e. The highest BCUT2D eigenvalue weighted by molar-refractivity contribution is 5.71. The Morgan fingerprint density at radius 1 is 1.15 bits per heavy atom. The normalized spacial score (nSPS) is 12.1. The fourth-order valence-electron chi connectivity index (χ4n) is 3.07. The Kier molecular flexibility index (Phi) is 3.72. The average Bonchev–Trinajstić information content (AvgIpc) is 3.31. The van der Waals surface area contributed by atoms with Crippen molar-refractivity contribution in [3.63, 3.8) is 0 Å².